The number of hydrogen-bond donors (Lipinski definition) is 3. The SMILES string of the molecule is COc1ccc(C[C@H](NC(=O)[C@H](C)NC(=O)CN2CCOCC2)C(=O)N[C@@H](Cc2ccc(CN(C)C)cc2)C(=O)[C@H]2CO2)cc1. The third-order valence-electron chi connectivity index (χ3n) is 7.75. The molecule has 0 radical (unpaired) electrons. The van der Waals surface area contributed by atoms with Crippen molar-refractivity contribution in [2.75, 3.05) is 60.7 Å². The van der Waals surface area contributed by atoms with Gasteiger partial charge in [0.2, 0.25) is 17.7 Å². The Morgan fingerprint density at radius 2 is 1.42 bits per heavy atom. The second kappa shape index (κ2) is 16.5. The Morgan fingerprint density at radius 1 is 0.867 bits per heavy atom. The van der Waals surface area contributed by atoms with Crippen molar-refractivity contribution in [3.05, 3.63) is 65.2 Å². The van der Waals surface area contributed by atoms with Crippen LogP contribution in [0.3, 0.4) is 0 Å². The van der Waals surface area contributed by atoms with Gasteiger partial charge in [0.15, 0.2) is 5.78 Å². The number of rotatable bonds is 16. The Labute approximate surface area is 264 Å². The van der Waals surface area contributed by atoms with E-state index in [4.69, 9.17) is 14.2 Å². The number of hydrogen-bond acceptors (Lipinski definition) is 9. The molecule has 244 valence electrons. The number of carbonyl (C=O) groups is 4. The average molecular weight is 624 g/mol. The lowest BCUT2D eigenvalue weighted by molar-refractivity contribution is -0.133. The predicted octanol–water partition coefficient (Wildman–Crippen LogP) is 0.316. The summed E-state index contributed by atoms with van der Waals surface area (Å²) in [6, 6.07) is 12.4. The summed E-state index contributed by atoms with van der Waals surface area (Å²) in [5, 5.41) is 8.42. The maximum Gasteiger partial charge on any atom is 0.243 e. The van der Waals surface area contributed by atoms with E-state index in [0.717, 1.165) is 23.2 Å². The largest absolute Gasteiger partial charge is 0.497 e. The molecule has 2 aromatic carbocycles. The molecule has 0 spiro atoms. The van der Waals surface area contributed by atoms with E-state index in [1.807, 2.05) is 55.4 Å². The van der Waals surface area contributed by atoms with Crippen molar-refractivity contribution < 1.29 is 33.4 Å². The maximum absolute atomic E-state index is 13.8. The smallest absolute Gasteiger partial charge is 0.243 e. The Morgan fingerprint density at radius 3 is 2.00 bits per heavy atom. The minimum atomic E-state index is -1.01. The van der Waals surface area contributed by atoms with Gasteiger partial charge in [-0.1, -0.05) is 36.4 Å². The summed E-state index contributed by atoms with van der Waals surface area (Å²) in [6.45, 7) is 5.24. The number of epoxide rings is 1. The number of morpholine rings is 1. The lowest BCUT2D eigenvalue weighted by Crippen LogP contribution is -2.57. The van der Waals surface area contributed by atoms with Gasteiger partial charge in [-0.3, -0.25) is 24.1 Å². The van der Waals surface area contributed by atoms with Crippen LogP contribution in [-0.2, 0) is 48.0 Å². The van der Waals surface area contributed by atoms with Crippen molar-refractivity contribution in [1.82, 2.24) is 25.8 Å². The minimum absolute atomic E-state index is 0.153. The second-order valence-electron chi connectivity index (χ2n) is 11.8. The first kappa shape index (κ1) is 34.0. The van der Waals surface area contributed by atoms with Crippen molar-refractivity contribution in [2.45, 2.75) is 50.5 Å². The van der Waals surface area contributed by atoms with E-state index in [2.05, 4.69) is 20.9 Å². The summed E-state index contributed by atoms with van der Waals surface area (Å²) < 4.78 is 15.8. The van der Waals surface area contributed by atoms with Crippen LogP contribution in [0.4, 0.5) is 0 Å². The van der Waals surface area contributed by atoms with Crippen molar-refractivity contribution in [3.63, 3.8) is 0 Å². The number of ether oxygens (including phenoxy) is 3. The number of nitrogens with zero attached hydrogens (tertiary/aromatic N) is 2. The second-order valence-corrected chi connectivity index (χ2v) is 11.8. The van der Waals surface area contributed by atoms with Crippen molar-refractivity contribution in [2.24, 2.45) is 0 Å². The fourth-order valence-corrected chi connectivity index (χ4v) is 5.13. The average Bonchev–Trinajstić information content (AvgIpc) is 3.87. The van der Waals surface area contributed by atoms with Crippen LogP contribution in [0, 0.1) is 0 Å². The molecule has 45 heavy (non-hydrogen) atoms. The minimum Gasteiger partial charge on any atom is -0.497 e. The Kier molecular flexibility index (Phi) is 12.5. The highest BCUT2D eigenvalue weighted by Gasteiger charge is 2.38. The molecular formula is C33H45N5O7. The van der Waals surface area contributed by atoms with Gasteiger partial charge >= 0.3 is 0 Å². The molecule has 4 rings (SSSR count). The molecule has 0 aromatic heterocycles. The molecule has 4 atom stereocenters. The zero-order chi connectivity index (χ0) is 32.3. The van der Waals surface area contributed by atoms with E-state index in [1.165, 1.54) is 0 Å². The summed E-state index contributed by atoms with van der Waals surface area (Å²) in [5.74, 6) is -0.855. The summed E-state index contributed by atoms with van der Waals surface area (Å²) in [5.41, 5.74) is 2.81. The molecule has 2 heterocycles. The van der Waals surface area contributed by atoms with E-state index >= 15 is 0 Å². The molecule has 2 saturated heterocycles. The van der Waals surface area contributed by atoms with Crippen LogP contribution in [0.5, 0.6) is 5.75 Å². The lowest BCUT2D eigenvalue weighted by Gasteiger charge is -2.27. The van der Waals surface area contributed by atoms with Crippen LogP contribution in [-0.4, -0.2) is 118 Å². The van der Waals surface area contributed by atoms with E-state index in [-0.39, 0.29) is 31.1 Å². The number of amides is 3. The topological polar surface area (TPSA) is 142 Å². The lowest BCUT2D eigenvalue weighted by atomic mass is 9.98. The summed E-state index contributed by atoms with van der Waals surface area (Å²) >= 11 is 0. The standard InChI is InChI=1S/C33H45N5O7/c1-22(34-30(39)20-38-13-15-44-16-14-38)32(41)36-28(18-24-9-11-26(43-4)12-10-24)33(42)35-27(31(40)29-21-45-29)17-23-5-7-25(8-6-23)19-37(2)3/h5-12,22,27-29H,13-21H2,1-4H3,(H,34,39)(H,35,42)(H,36,41)/t22-,27-,28-,29+/m0/s1. The summed E-state index contributed by atoms with van der Waals surface area (Å²) in [7, 11) is 5.56. The first-order valence-electron chi connectivity index (χ1n) is 15.3. The fraction of sp³-hybridized carbons (Fsp3) is 0.515. The van der Waals surface area contributed by atoms with Crippen molar-refractivity contribution >= 4 is 23.5 Å². The summed E-state index contributed by atoms with van der Waals surface area (Å²) in [4.78, 5) is 56.9. The monoisotopic (exact) mass is 623 g/mol. The predicted molar refractivity (Wildman–Crippen MR) is 168 cm³/mol. The molecule has 2 aliphatic heterocycles. The molecule has 2 aromatic rings. The molecule has 2 fully saturated rings. The van der Waals surface area contributed by atoms with E-state index < -0.39 is 36.0 Å². The normalized spacial score (nSPS) is 18.4. The van der Waals surface area contributed by atoms with Gasteiger partial charge in [0.25, 0.3) is 0 Å². The molecule has 0 bridgehead atoms. The van der Waals surface area contributed by atoms with Gasteiger partial charge in [0, 0.05) is 26.1 Å². The van der Waals surface area contributed by atoms with Crippen LogP contribution in [0.2, 0.25) is 0 Å². The van der Waals surface area contributed by atoms with E-state index in [1.54, 1.807) is 26.2 Å². The molecule has 12 nitrogen and oxygen atoms in total. The zero-order valence-corrected chi connectivity index (χ0v) is 26.5. The van der Waals surface area contributed by atoms with Crippen molar-refractivity contribution in [1.29, 1.82) is 0 Å². The first-order chi connectivity index (χ1) is 21.6. The zero-order valence-electron chi connectivity index (χ0n) is 26.5. The van der Waals surface area contributed by atoms with Gasteiger partial charge in [-0.25, -0.2) is 0 Å². The quantitative estimate of drug-likeness (QED) is 0.226. The fourth-order valence-electron chi connectivity index (χ4n) is 5.13. The number of benzene rings is 2. The van der Waals surface area contributed by atoms with Gasteiger partial charge in [0.05, 0.1) is 39.5 Å². The highest BCUT2D eigenvalue weighted by Crippen LogP contribution is 2.17. The molecule has 3 N–H and O–H groups in total. The molecule has 12 heteroatoms. The number of methoxy groups -OCH3 is 1. The van der Waals surface area contributed by atoms with Crippen LogP contribution in [0.15, 0.2) is 48.5 Å². The van der Waals surface area contributed by atoms with Crippen LogP contribution in [0.25, 0.3) is 0 Å². The highest BCUT2D eigenvalue weighted by atomic mass is 16.6. The maximum atomic E-state index is 13.8. The number of Topliss-reactive ketones (excluding diaryl/α,β-unsaturated/α-hetero) is 1. The molecule has 0 aliphatic carbocycles. The third-order valence-corrected chi connectivity index (χ3v) is 7.75. The van der Waals surface area contributed by atoms with Gasteiger partial charge < -0.3 is 35.1 Å². The third kappa shape index (κ3) is 10.9. The first-order valence-corrected chi connectivity index (χ1v) is 15.3. The van der Waals surface area contributed by atoms with Crippen LogP contribution < -0.4 is 20.7 Å². The molecular weight excluding hydrogens is 578 g/mol. The Balaban J connectivity index is 1.45. The molecule has 0 unspecified atom stereocenters. The summed E-state index contributed by atoms with van der Waals surface area (Å²) in [6.07, 6.45) is -0.111. The van der Waals surface area contributed by atoms with Crippen LogP contribution >= 0.6 is 0 Å². The Bertz CT molecular complexity index is 1290. The van der Waals surface area contributed by atoms with Crippen molar-refractivity contribution in [3.8, 4) is 5.75 Å². The number of carbonyl (C=O) groups excluding carboxylic acids is 4. The molecule has 3 amide bonds. The van der Waals surface area contributed by atoms with E-state index in [9.17, 15) is 19.2 Å². The Hall–Kier alpha value is -3.84. The van der Waals surface area contributed by atoms with Gasteiger partial charge in [0.1, 0.15) is 23.9 Å². The van der Waals surface area contributed by atoms with Gasteiger partial charge in [-0.15, -0.1) is 0 Å². The molecule has 2 aliphatic rings. The number of ketones is 1. The van der Waals surface area contributed by atoms with Gasteiger partial charge in [-0.05, 0) is 56.3 Å². The molecule has 0 saturated carbocycles. The van der Waals surface area contributed by atoms with E-state index in [0.29, 0.717) is 38.7 Å². The van der Waals surface area contributed by atoms with Crippen LogP contribution in [0.1, 0.15) is 23.6 Å². The highest BCUT2D eigenvalue weighted by molar-refractivity contribution is 5.96. The number of nitrogens with one attached hydrogen (secondary N) is 3. The van der Waals surface area contributed by atoms with Gasteiger partial charge in [-0.2, -0.15) is 0 Å².